The molecule has 1 fully saturated rings. The van der Waals surface area contributed by atoms with Gasteiger partial charge in [-0.15, -0.1) is 0 Å². The van der Waals surface area contributed by atoms with Gasteiger partial charge >= 0.3 is 5.97 Å². The number of benzene rings is 1. The molecule has 4 nitrogen and oxygen atoms in total. The van der Waals surface area contributed by atoms with Gasteiger partial charge in [-0.2, -0.15) is 0 Å². The van der Waals surface area contributed by atoms with Crippen molar-refractivity contribution in [1.29, 1.82) is 0 Å². The van der Waals surface area contributed by atoms with Crippen molar-refractivity contribution < 1.29 is 18.7 Å². The van der Waals surface area contributed by atoms with E-state index in [0.29, 0.717) is 25.2 Å². The van der Waals surface area contributed by atoms with E-state index in [4.69, 9.17) is 5.11 Å². The predicted molar refractivity (Wildman–Crippen MR) is 71.9 cm³/mol. The van der Waals surface area contributed by atoms with Crippen LogP contribution in [0.3, 0.4) is 0 Å². The molecule has 2 rings (SSSR count). The van der Waals surface area contributed by atoms with Gasteiger partial charge in [-0.3, -0.25) is 9.69 Å². The smallest absolute Gasteiger partial charge is 0.303 e. The van der Waals surface area contributed by atoms with E-state index in [2.05, 4.69) is 4.90 Å². The van der Waals surface area contributed by atoms with Gasteiger partial charge in [-0.1, -0.05) is 0 Å². The van der Waals surface area contributed by atoms with Gasteiger partial charge in [0.15, 0.2) is 0 Å². The standard InChI is InChI=1S/C14H18F2N2O2/c15-11-3-4-12(16)13(10-11)18-8-6-17(7-9-18)5-1-2-14(19)20/h3-4,10H,1-2,5-9H2,(H,19,20). The molecule has 6 heteroatoms. The van der Waals surface area contributed by atoms with Crippen molar-refractivity contribution in [1.82, 2.24) is 4.90 Å². The fourth-order valence-corrected chi connectivity index (χ4v) is 2.39. The maximum Gasteiger partial charge on any atom is 0.303 e. The van der Waals surface area contributed by atoms with Crippen LogP contribution in [0, 0.1) is 11.6 Å². The highest BCUT2D eigenvalue weighted by Gasteiger charge is 2.19. The van der Waals surface area contributed by atoms with Gasteiger partial charge in [0, 0.05) is 38.7 Å². The summed E-state index contributed by atoms with van der Waals surface area (Å²) in [6.07, 6.45) is 0.780. The van der Waals surface area contributed by atoms with Crippen molar-refractivity contribution in [2.75, 3.05) is 37.6 Å². The van der Waals surface area contributed by atoms with Crippen molar-refractivity contribution in [3.8, 4) is 0 Å². The molecule has 1 aromatic carbocycles. The minimum absolute atomic E-state index is 0.165. The molecular weight excluding hydrogens is 266 g/mol. The normalized spacial score (nSPS) is 16.4. The second-order valence-corrected chi connectivity index (χ2v) is 4.92. The highest BCUT2D eigenvalue weighted by molar-refractivity contribution is 5.66. The summed E-state index contributed by atoms with van der Waals surface area (Å²) in [5.41, 5.74) is 0.301. The van der Waals surface area contributed by atoms with Crippen LogP contribution < -0.4 is 4.90 Å². The fourth-order valence-electron chi connectivity index (χ4n) is 2.39. The largest absolute Gasteiger partial charge is 0.481 e. The van der Waals surface area contributed by atoms with E-state index >= 15 is 0 Å². The van der Waals surface area contributed by atoms with Crippen LogP contribution in [0.5, 0.6) is 0 Å². The fraction of sp³-hybridized carbons (Fsp3) is 0.500. The van der Waals surface area contributed by atoms with Crippen molar-refractivity contribution in [2.24, 2.45) is 0 Å². The summed E-state index contributed by atoms with van der Waals surface area (Å²) < 4.78 is 26.8. The molecule has 0 amide bonds. The van der Waals surface area contributed by atoms with Crippen LogP contribution in [0.25, 0.3) is 0 Å². The zero-order valence-electron chi connectivity index (χ0n) is 11.2. The Morgan fingerprint density at radius 2 is 1.90 bits per heavy atom. The van der Waals surface area contributed by atoms with Crippen molar-refractivity contribution in [2.45, 2.75) is 12.8 Å². The van der Waals surface area contributed by atoms with Crippen LogP contribution in [0.1, 0.15) is 12.8 Å². The minimum Gasteiger partial charge on any atom is -0.481 e. The van der Waals surface area contributed by atoms with Crippen LogP contribution in [0.15, 0.2) is 18.2 Å². The third-order valence-electron chi connectivity index (χ3n) is 3.49. The summed E-state index contributed by atoms with van der Waals surface area (Å²) in [7, 11) is 0. The van der Waals surface area contributed by atoms with Gasteiger partial charge in [-0.25, -0.2) is 8.78 Å². The maximum absolute atomic E-state index is 13.7. The SMILES string of the molecule is O=C(O)CCCN1CCN(c2cc(F)ccc2F)CC1. The molecule has 20 heavy (non-hydrogen) atoms. The Bertz CT molecular complexity index is 474. The number of halogens is 2. The molecule has 1 aliphatic rings. The molecule has 1 aromatic rings. The molecule has 0 aliphatic carbocycles. The Hall–Kier alpha value is -1.69. The Morgan fingerprint density at radius 1 is 1.20 bits per heavy atom. The number of carboxylic acids is 1. The molecule has 1 N–H and O–H groups in total. The van der Waals surface area contributed by atoms with Crippen molar-refractivity contribution >= 4 is 11.7 Å². The van der Waals surface area contributed by atoms with Gasteiger partial charge in [-0.05, 0) is 25.1 Å². The lowest BCUT2D eigenvalue weighted by molar-refractivity contribution is -0.137. The van der Waals surface area contributed by atoms with Crippen LogP contribution in [-0.4, -0.2) is 48.7 Å². The number of anilines is 1. The third-order valence-corrected chi connectivity index (χ3v) is 3.49. The number of aliphatic carboxylic acids is 1. The van der Waals surface area contributed by atoms with Crippen molar-refractivity contribution in [3.05, 3.63) is 29.8 Å². The van der Waals surface area contributed by atoms with Crippen LogP contribution in [0.2, 0.25) is 0 Å². The first-order valence-corrected chi connectivity index (χ1v) is 6.70. The topological polar surface area (TPSA) is 43.8 Å². The molecular formula is C14H18F2N2O2. The molecule has 0 atom stereocenters. The average molecular weight is 284 g/mol. The number of hydrogen-bond acceptors (Lipinski definition) is 3. The molecule has 1 aliphatic heterocycles. The Labute approximate surface area is 116 Å². The first kappa shape index (κ1) is 14.7. The number of carbonyl (C=O) groups is 1. The number of nitrogens with zero attached hydrogens (tertiary/aromatic N) is 2. The summed E-state index contributed by atoms with van der Waals surface area (Å²) in [5.74, 6) is -1.64. The van der Waals surface area contributed by atoms with Gasteiger partial charge < -0.3 is 10.0 Å². The zero-order chi connectivity index (χ0) is 14.5. The molecule has 0 radical (unpaired) electrons. The molecule has 0 spiro atoms. The van der Waals surface area contributed by atoms with Crippen LogP contribution in [-0.2, 0) is 4.79 Å². The van der Waals surface area contributed by atoms with Gasteiger partial charge in [0.25, 0.3) is 0 Å². The predicted octanol–water partition coefficient (Wildman–Crippen LogP) is 1.95. The molecule has 0 unspecified atom stereocenters. The summed E-state index contributed by atoms with van der Waals surface area (Å²) in [4.78, 5) is 14.4. The summed E-state index contributed by atoms with van der Waals surface area (Å²) >= 11 is 0. The van der Waals surface area contributed by atoms with Gasteiger partial charge in [0.05, 0.1) is 5.69 Å². The maximum atomic E-state index is 13.7. The van der Waals surface area contributed by atoms with Gasteiger partial charge in [0.1, 0.15) is 11.6 Å². The van der Waals surface area contributed by atoms with Gasteiger partial charge in [0.2, 0.25) is 0 Å². The molecule has 1 saturated heterocycles. The molecule has 110 valence electrons. The lowest BCUT2D eigenvalue weighted by Crippen LogP contribution is -2.47. The van der Waals surface area contributed by atoms with E-state index in [9.17, 15) is 13.6 Å². The van der Waals surface area contributed by atoms with E-state index in [1.165, 1.54) is 6.07 Å². The van der Waals surface area contributed by atoms with E-state index in [0.717, 1.165) is 31.8 Å². The van der Waals surface area contributed by atoms with Crippen molar-refractivity contribution in [3.63, 3.8) is 0 Å². The summed E-state index contributed by atoms with van der Waals surface area (Å²) in [5, 5.41) is 8.59. The minimum atomic E-state index is -0.787. The number of rotatable bonds is 5. The second-order valence-electron chi connectivity index (χ2n) is 4.92. The summed E-state index contributed by atoms with van der Waals surface area (Å²) in [6, 6.07) is 3.47. The Balaban J connectivity index is 1.84. The first-order chi connectivity index (χ1) is 9.56. The number of hydrogen-bond donors (Lipinski definition) is 1. The van der Waals surface area contributed by atoms with Crippen LogP contribution in [0.4, 0.5) is 14.5 Å². The third kappa shape index (κ3) is 3.90. The lowest BCUT2D eigenvalue weighted by atomic mass is 10.2. The monoisotopic (exact) mass is 284 g/mol. The second kappa shape index (κ2) is 6.65. The molecule has 1 heterocycles. The average Bonchev–Trinajstić information content (AvgIpc) is 2.42. The lowest BCUT2D eigenvalue weighted by Gasteiger charge is -2.36. The quantitative estimate of drug-likeness (QED) is 0.897. The Morgan fingerprint density at radius 3 is 2.55 bits per heavy atom. The summed E-state index contributed by atoms with van der Waals surface area (Å²) in [6.45, 7) is 3.43. The zero-order valence-corrected chi connectivity index (χ0v) is 11.2. The van der Waals surface area contributed by atoms with E-state index in [-0.39, 0.29) is 6.42 Å². The molecule has 0 aromatic heterocycles. The molecule has 0 saturated carbocycles. The Kier molecular flexibility index (Phi) is 4.89. The number of piperazine rings is 1. The highest BCUT2D eigenvalue weighted by atomic mass is 19.1. The van der Waals surface area contributed by atoms with E-state index in [1.54, 1.807) is 0 Å². The van der Waals surface area contributed by atoms with Crippen LogP contribution >= 0.6 is 0 Å². The first-order valence-electron chi connectivity index (χ1n) is 6.70. The van der Waals surface area contributed by atoms with E-state index in [1.807, 2.05) is 4.90 Å². The molecule has 0 bridgehead atoms. The number of carboxylic acid groups (broad SMARTS) is 1. The van der Waals surface area contributed by atoms with E-state index < -0.39 is 17.6 Å². The highest BCUT2D eigenvalue weighted by Crippen LogP contribution is 2.21.